The summed E-state index contributed by atoms with van der Waals surface area (Å²) in [6.45, 7) is 10.5. The van der Waals surface area contributed by atoms with Crippen molar-refractivity contribution in [1.82, 2.24) is 0 Å². The summed E-state index contributed by atoms with van der Waals surface area (Å²) in [6.07, 6.45) is -7.17. The van der Waals surface area contributed by atoms with Gasteiger partial charge < -0.3 is 23.7 Å². The second-order valence-electron chi connectivity index (χ2n) is 7.00. The highest BCUT2D eigenvalue weighted by Gasteiger charge is 2.55. The van der Waals surface area contributed by atoms with Crippen LogP contribution in [0.25, 0.3) is 0 Å². The van der Waals surface area contributed by atoms with Gasteiger partial charge in [0.25, 0.3) is 0 Å². The van der Waals surface area contributed by atoms with Crippen LogP contribution in [0.1, 0.15) is 20.8 Å². The predicted octanol–water partition coefficient (Wildman–Crippen LogP) is 1.97. The molecule has 2 unspecified atom stereocenters. The normalized spacial score (nSPS) is 36.9. The number of rotatable bonds is 3. The van der Waals surface area contributed by atoms with E-state index in [-0.39, 0.29) is 11.6 Å². The zero-order valence-corrected chi connectivity index (χ0v) is 14.0. The van der Waals surface area contributed by atoms with E-state index in [2.05, 4.69) is 33.9 Å². The Labute approximate surface area is 124 Å². The minimum absolute atomic E-state index is 0.00512. The number of ether oxygens (including phenoxy) is 3. The molecule has 2 heterocycles. The molecule has 2 fully saturated rings. The van der Waals surface area contributed by atoms with Crippen molar-refractivity contribution in [3.63, 3.8) is 0 Å². The van der Waals surface area contributed by atoms with Crippen molar-refractivity contribution >= 4 is 14.5 Å². The Bertz CT molecular complexity index is 410. The summed E-state index contributed by atoms with van der Waals surface area (Å²) in [6, 6.07) is 0. The van der Waals surface area contributed by atoms with E-state index in [1.54, 1.807) is 0 Å². The Hall–Kier alpha value is -0.703. The summed E-state index contributed by atoms with van der Waals surface area (Å²) in [5.41, 5.74) is 0. The molecule has 2 aliphatic heterocycles. The summed E-state index contributed by atoms with van der Waals surface area (Å²) < 4.78 is 34.7. The van der Waals surface area contributed by atoms with Crippen molar-refractivity contribution in [1.29, 1.82) is 0 Å². The number of hydrogen-bond acceptors (Lipinski definition) is 6. The van der Waals surface area contributed by atoms with Crippen LogP contribution in [0.4, 0.5) is 9.18 Å². The standard InChI is InChI=1S/C13H23FO6Si/c1-13(2,3)21(4,5)17-6-7-9-10(20-12(16)19-9)8(14)11(15)18-7/h7-11,15H,6H2,1-5H3/t7-,8?,9+,10-,11?/m1/s1. The first-order valence-corrected chi connectivity index (χ1v) is 9.92. The van der Waals surface area contributed by atoms with Crippen LogP contribution in [0.15, 0.2) is 0 Å². The van der Waals surface area contributed by atoms with E-state index in [0.717, 1.165) is 0 Å². The third-order valence-corrected chi connectivity index (χ3v) is 8.97. The molecule has 0 saturated carbocycles. The molecule has 2 rings (SSSR count). The highest BCUT2D eigenvalue weighted by atomic mass is 28.4. The SMILES string of the molecule is CC(C)(C)[Si](C)(C)OC[C@H]1OC(O)C(F)[C@H]2OC(=O)O[C@H]21. The number of fused-ring (bicyclic) bond motifs is 1. The molecule has 0 aromatic carbocycles. The lowest BCUT2D eigenvalue weighted by atomic mass is 10.0. The number of carbonyl (C=O) groups is 1. The zero-order valence-electron chi connectivity index (χ0n) is 13.0. The number of aliphatic hydroxyl groups is 1. The molecule has 0 amide bonds. The van der Waals surface area contributed by atoms with Gasteiger partial charge >= 0.3 is 6.16 Å². The van der Waals surface area contributed by atoms with Gasteiger partial charge in [0.1, 0.15) is 6.10 Å². The van der Waals surface area contributed by atoms with E-state index in [1.165, 1.54) is 0 Å². The third kappa shape index (κ3) is 3.23. The Balaban J connectivity index is 2.04. The third-order valence-electron chi connectivity index (χ3n) is 4.47. The predicted molar refractivity (Wildman–Crippen MR) is 74.1 cm³/mol. The highest BCUT2D eigenvalue weighted by molar-refractivity contribution is 6.74. The van der Waals surface area contributed by atoms with Crippen molar-refractivity contribution in [3.8, 4) is 0 Å². The largest absolute Gasteiger partial charge is 0.509 e. The lowest BCUT2D eigenvalue weighted by Gasteiger charge is -2.40. The van der Waals surface area contributed by atoms with Gasteiger partial charge in [-0.05, 0) is 18.1 Å². The molecule has 2 saturated heterocycles. The Morgan fingerprint density at radius 2 is 1.86 bits per heavy atom. The summed E-state index contributed by atoms with van der Waals surface area (Å²) in [4.78, 5) is 11.2. The zero-order chi connectivity index (χ0) is 16.0. The molecular weight excluding hydrogens is 299 g/mol. The number of halogens is 1. The van der Waals surface area contributed by atoms with Crippen molar-refractivity contribution in [3.05, 3.63) is 0 Å². The van der Waals surface area contributed by atoms with Gasteiger partial charge in [-0.3, -0.25) is 0 Å². The minimum Gasteiger partial charge on any atom is -0.424 e. The maximum atomic E-state index is 13.8. The van der Waals surface area contributed by atoms with Crippen molar-refractivity contribution in [2.45, 2.75) is 69.7 Å². The highest BCUT2D eigenvalue weighted by Crippen LogP contribution is 2.38. The summed E-state index contributed by atoms with van der Waals surface area (Å²) >= 11 is 0. The molecule has 0 radical (unpaired) electrons. The van der Waals surface area contributed by atoms with Gasteiger partial charge in [0, 0.05) is 0 Å². The monoisotopic (exact) mass is 322 g/mol. The maximum absolute atomic E-state index is 13.8. The van der Waals surface area contributed by atoms with Gasteiger partial charge in [-0.25, -0.2) is 9.18 Å². The van der Waals surface area contributed by atoms with E-state index >= 15 is 0 Å². The van der Waals surface area contributed by atoms with E-state index in [1.807, 2.05) is 0 Å². The van der Waals surface area contributed by atoms with Crippen molar-refractivity contribution < 1.29 is 32.9 Å². The number of carbonyl (C=O) groups excluding carboxylic acids is 1. The quantitative estimate of drug-likeness (QED) is 0.632. The molecule has 2 aliphatic rings. The number of hydrogen-bond donors (Lipinski definition) is 1. The Morgan fingerprint density at radius 1 is 1.29 bits per heavy atom. The molecule has 0 aromatic heterocycles. The van der Waals surface area contributed by atoms with Gasteiger partial charge in [0.15, 0.2) is 33.0 Å². The topological polar surface area (TPSA) is 74.2 Å². The van der Waals surface area contributed by atoms with Crippen LogP contribution >= 0.6 is 0 Å². The van der Waals surface area contributed by atoms with Crippen LogP contribution in [-0.4, -0.2) is 57.0 Å². The average Bonchev–Trinajstić information content (AvgIpc) is 2.73. The lowest BCUT2D eigenvalue weighted by Crippen LogP contribution is -2.57. The number of alkyl halides is 1. The molecule has 1 N–H and O–H groups in total. The smallest absolute Gasteiger partial charge is 0.424 e. The fourth-order valence-corrected chi connectivity index (χ4v) is 3.07. The van der Waals surface area contributed by atoms with Gasteiger partial charge in [0.2, 0.25) is 0 Å². The minimum atomic E-state index is -2.03. The fourth-order valence-electron chi connectivity index (χ4n) is 2.05. The molecule has 122 valence electrons. The second kappa shape index (κ2) is 5.49. The average molecular weight is 322 g/mol. The van der Waals surface area contributed by atoms with Gasteiger partial charge in [0.05, 0.1) is 6.61 Å². The Kier molecular flexibility index (Phi) is 4.36. The van der Waals surface area contributed by atoms with Crippen molar-refractivity contribution in [2.75, 3.05) is 6.61 Å². The number of aliphatic hydroxyl groups excluding tert-OH is 1. The second-order valence-corrected chi connectivity index (χ2v) is 11.8. The summed E-state index contributed by atoms with van der Waals surface area (Å²) in [7, 11) is -2.03. The molecule has 0 bridgehead atoms. The molecule has 21 heavy (non-hydrogen) atoms. The lowest BCUT2D eigenvalue weighted by molar-refractivity contribution is -0.247. The Morgan fingerprint density at radius 3 is 2.43 bits per heavy atom. The maximum Gasteiger partial charge on any atom is 0.509 e. The molecule has 8 heteroatoms. The van der Waals surface area contributed by atoms with Crippen LogP contribution in [-0.2, 0) is 18.6 Å². The molecule has 0 aromatic rings. The van der Waals surface area contributed by atoms with E-state index in [0.29, 0.717) is 0 Å². The van der Waals surface area contributed by atoms with Gasteiger partial charge in [-0.15, -0.1) is 0 Å². The van der Waals surface area contributed by atoms with Crippen LogP contribution < -0.4 is 0 Å². The summed E-state index contributed by atoms with van der Waals surface area (Å²) in [5.74, 6) is 0. The van der Waals surface area contributed by atoms with E-state index in [4.69, 9.17) is 18.6 Å². The molecule has 6 nitrogen and oxygen atoms in total. The first kappa shape index (κ1) is 16.7. The van der Waals surface area contributed by atoms with Gasteiger partial charge in [-0.2, -0.15) is 0 Å². The molecule has 0 aliphatic carbocycles. The van der Waals surface area contributed by atoms with E-state index < -0.39 is 45.2 Å². The molecular formula is C13H23FO6Si. The fraction of sp³-hybridized carbons (Fsp3) is 0.923. The van der Waals surface area contributed by atoms with E-state index in [9.17, 15) is 14.3 Å². The van der Waals surface area contributed by atoms with Crippen molar-refractivity contribution in [2.24, 2.45) is 0 Å². The van der Waals surface area contributed by atoms with Crippen LogP contribution in [0.5, 0.6) is 0 Å². The van der Waals surface area contributed by atoms with Crippen LogP contribution in [0, 0.1) is 0 Å². The molecule has 5 atom stereocenters. The first-order valence-electron chi connectivity index (χ1n) is 7.02. The summed E-state index contributed by atoms with van der Waals surface area (Å²) in [5, 5.41) is 9.59. The van der Waals surface area contributed by atoms with Crippen LogP contribution in [0.3, 0.4) is 0 Å². The molecule has 0 spiro atoms. The van der Waals surface area contributed by atoms with Gasteiger partial charge in [-0.1, -0.05) is 20.8 Å². The first-order chi connectivity index (χ1) is 9.53. The van der Waals surface area contributed by atoms with Crippen LogP contribution in [0.2, 0.25) is 18.1 Å².